The fourth-order valence-electron chi connectivity index (χ4n) is 4.56. The van der Waals surface area contributed by atoms with Crippen LogP contribution in [0.5, 0.6) is 0 Å². The van der Waals surface area contributed by atoms with E-state index >= 15 is 0 Å². The summed E-state index contributed by atoms with van der Waals surface area (Å²) in [4.78, 5) is 0. The van der Waals surface area contributed by atoms with Crippen molar-refractivity contribution in [3.05, 3.63) is 47.8 Å². The van der Waals surface area contributed by atoms with E-state index in [-0.39, 0.29) is 11.0 Å². The molecule has 2 nitrogen and oxygen atoms in total. The number of fused-ring (bicyclic) bond motifs is 3. The van der Waals surface area contributed by atoms with Gasteiger partial charge in [-0.1, -0.05) is 38.5 Å². The average molecular weight is 283 g/mol. The van der Waals surface area contributed by atoms with Crippen LogP contribution in [0.3, 0.4) is 0 Å². The predicted octanol–water partition coefficient (Wildman–Crippen LogP) is 4.27. The van der Waals surface area contributed by atoms with Crippen molar-refractivity contribution >= 4 is 0 Å². The van der Waals surface area contributed by atoms with Crippen molar-refractivity contribution in [1.29, 1.82) is 0 Å². The number of hydrogen-bond acceptors (Lipinski definition) is 0. The van der Waals surface area contributed by atoms with E-state index in [2.05, 4.69) is 80.6 Å². The lowest BCUT2D eigenvalue weighted by Gasteiger charge is -2.46. The maximum atomic E-state index is 2.48. The third kappa shape index (κ3) is 1.62. The summed E-state index contributed by atoms with van der Waals surface area (Å²) in [5.74, 6) is 0. The molecule has 1 aliphatic rings. The molecule has 1 aromatic heterocycles. The molecule has 2 heterocycles. The van der Waals surface area contributed by atoms with Crippen molar-refractivity contribution in [1.82, 2.24) is 4.68 Å². The first-order valence-electron chi connectivity index (χ1n) is 8.25. The Balaban J connectivity index is 2.42. The highest BCUT2D eigenvalue weighted by atomic mass is 15.4. The van der Waals surface area contributed by atoms with Gasteiger partial charge in [0.1, 0.15) is 5.69 Å². The lowest BCUT2D eigenvalue weighted by molar-refractivity contribution is -0.840. The van der Waals surface area contributed by atoms with Crippen LogP contribution in [-0.2, 0) is 11.0 Å². The van der Waals surface area contributed by atoms with Gasteiger partial charge in [0.05, 0.1) is 11.6 Å². The summed E-state index contributed by atoms with van der Waals surface area (Å²) in [5.41, 5.74) is 4.51. The zero-order valence-corrected chi connectivity index (χ0v) is 14.0. The normalized spacial score (nSPS) is 22.7. The summed E-state index contributed by atoms with van der Waals surface area (Å²) in [5, 5.41) is 0. The second-order valence-corrected chi connectivity index (χ2v) is 6.62. The van der Waals surface area contributed by atoms with Crippen LogP contribution in [0.25, 0.3) is 5.69 Å². The molecule has 0 spiro atoms. The first-order chi connectivity index (χ1) is 10.0. The summed E-state index contributed by atoms with van der Waals surface area (Å²) < 4.78 is 4.83. The van der Waals surface area contributed by atoms with Crippen LogP contribution < -0.4 is 4.68 Å². The highest BCUT2D eigenvalue weighted by Gasteiger charge is 2.58. The molecular weight excluding hydrogens is 256 g/mol. The van der Waals surface area contributed by atoms with Crippen LogP contribution in [0, 0.1) is 6.92 Å². The van der Waals surface area contributed by atoms with Gasteiger partial charge in [0, 0.05) is 18.9 Å². The highest BCUT2D eigenvalue weighted by molar-refractivity contribution is 5.49. The van der Waals surface area contributed by atoms with Crippen molar-refractivity contribution in [3.8, 4) is 5.69 Å². The molecule has 0 saturated heterocycles. The van der Waals surface area contributed by atoms with Crippen molar-refractivity contribution in [2.75, 3.05) is 0 Å². The topological polar surface area (TPSA) is 8.81 Å². The third-order valence-electron chi connectivity index (χ3n) is 6.02. The second-order valence-electron chi connectivity index (χ2n) is 6.62. The van der Waals surface area contributed by atoms with E-state index in [1.54, 1.807) is 0 Å². The fraction of sp³-hybridized carbons (Fsp3) is 0.526. The number of rotatable bonds is 3. The average Bonchev–Trinajstić information content (AvgIpc) is 2.98. The molecule has 0 N–H and O–H groups in total. The van der Waals surface area contributed by atoms with Crippen molar-refractivity contribution in [2.45, 2.75) is 64.8 Å². The van der Waals surface area contributed by atoms with E-state index in [1.807, 2.05) is 0 Å². The molecule has 2 heteroatoms. The molecule has 1 atom stereocenters. The maximum Gasteiger partial charge on any atom is 0.200 e. The van der Waals surface area contributed by atoms with Gasteiger partial charge in [0.25, 0.3) is 0 Å². The van der Waals surface area contributed by atoms with Crippen molar-refractivity contribution in [2.24, 2.45) is 0 Å². The molecular formula is C19H27N2+. The molecule has 1 aromatic carbocycles. The fourth-order valence-corrected chi connectivity index (χ4v) is 4.56. The van der Waals surface area contributed by atoms with Crippen LogP contribution in [0.15, 0.2) is 36.7 Å². The molecule has 0 fully saturated rings. The van der Waals surface area contributed by atoms with E-state index in [0.717, 1.165) is 19.3 Å². The van der Waals surface area contributed by atoms with Gasteiger partial charge in [0.15, 0.2) is 6.20 Å². The van der Waals surface area contributed by atoms with E-state index in [4.69, 9.17) is 0 Å². The van der Waals surface area contributed by atoms with Crippen LogP contribution in [0.4, 0.5) is 0 Å². The standard InChI is InChI=1S/C19H27N2/c1-6-18(5)16-14-15(4)10-11-17(16)20-12-9-13-21(20)19(18,7-2)8-3/h9-14H,6-8H2,1-5H3/q+1. The molecule has 112 valence electrons. The van der Waals surface area contributed by atoms with Gasteiger partial charge in [-0.05, 0) is 31.9 Å². The van der Waals surface area contributed by atoms with Gasteiger partial charge in [0.2, 0.25) is 5.54 Å². The van der Waals surface area contributed by atoms with E-state index < -0.39 is 0 Å². The minimum atomic E-state index is 0.145. The maximum absolute atomic E-state index is 2.48. The number of aryl methyl sites for hydroxylation is 1. The van der Waals surface area contributed by atoms with Gasteiger partial charge in [-0.2, -0.15) is 0 Å². The molecule has 0 radical (unpaired) electrons. The lowest BCUT2D eigenvalue weighted by atomic mass is 9.61. The van der Waals surface area contributed by atoms with E-state index in [1.165, 1.54) is 16.8 Å². The summed E-state index contributed by atoms with van der Waals surface area (Å²) >= 11 is 0. The number of hydrogen-bond donors (Lipinski definition) is 0. The SMILES string of the molecule is CCC1(C)c2cc(C)ccc2-n2ccc[n+]2C1(CC)CC. The van der Waals surface area contributed by atoms with Crippen molar-refractivity contribution < 1.29 is 4.68 Å². The van der Waals surface area contributed by atoms with Crippen molar-refractivity contribution in [3.63, 3.8) is 0 Å². The summed E-state index contributed by atoms with van der Waals surface area (Å²) in [7, 11) is 0. The third-order valence-corrected chi connectivity index (χ3v) is 6.02. The summed E-state index contributed by atoms with van der Waals surface area (Å²) in [6.45, 7) is 11.7. The Labute approximate surface area is 128 Å². The van der Waals surface area contributed by atoms with Gasteiger partial charge in [-0.15, -0.1) is 9.36 Å². The Bertz CT molecular complexity index is 664. The quantitative estimate of drug-likeness (QED) is 0.744. The second kappa shape index (κ2) is 4.72. The Hall–Kier alpha value is -1.57. The first-order valence-corrected chi connectivity index (χ1v) is 8.25. The van der Waals surface area contributed by atoms with Gasteiger partial charge in [-0.25, -0.2) is 0 Å². The number of aromatic nitrogens is 2. The lowest BCUT2D eigenvalue weighted by Crippen LogP contribution is -2.71. The molecule has 0 amide bonds. The highest BCUT2D eigenvalue weighted by Crippen LogP contribution is 2.48. The molecule has 1 unspecified atom stereocenters. The molecule has 3 rings (SSSR count). The Morgan fingerprint density at radius 3 is 2.43 bits per heavy atom. The molecule has 0 aliphatic carbocycles. The number of nitrogens with zero attached hydrogens (tertiary/aromatic N) is 2. The molecule has 0 bridgehead atoms. The molecule has 1 aliphatic heterocycles. The smallest absolute Gasteiger partial charge is 0.128 e. The van der Waals surface area contributed by atoms with Gasteiger partial charge < -0.3 is 0 Å². The minimum Gasteiger partial charge on any atom is -0.128 e. The number of benzene rings is 1. The molecule has 21 heavy (non-hydrogen) atoms. The van der Waals surface area contributed by atoms with Crippen LogP contribution in [-0.4, -0.2) is 4.68 Å². The zero-order chi connectivity index (χ0) is 15.3. The monoisotopic (exact) mass is 283 g/mol. The minimum absolute atomic E-state index is 0.145. The Morgan fingerprint density at radius 1 is 1.10 bits per heavy atom. The largest absolute Gasteiger partial charge is 0.200 e. The predicted molar refractivity (Wildman–Crippen MR) is 86.9 cm³/mol. The van der Waals surface area contributed by atoms with Crippen LogP contribution >= 0.6 is 0 Å². The van der Waals surface area contributed by atoms with E-state index in [0.29, 0.717) is 0 Å². The Morgan fingerprint density at radius 2 is 1.81 bits per heavy atom. The molecule has 0 saturated carbocycles. The van der Waals surface area contributed by atoms with Gasteiger partial charge in [-0.3, -0.25) is 0 Å². The van der Waals surface area contributed by atoms with Crippen LogP contribution in [0.2, 0.25) is 0 Å². The van der Waals surface area contributed by atoms with Gasteiger partial charge >= 0.3 is 0 Å². The first kappa shape index (κ1) is 14.4. The summed E-state index contributed by atoms with van der Waals surface area (Å²) in [6, 6.07) is 9.09. The summed E-state index contributed by atoms with van der Waals surface area (Å²) in [6.07, 6.45) is 7.91. The molecule has 2 aromatic rings. The Kier molecular flexibility index (Phi) is 3.23. The van der Waals surface area contributed by atoms with Crippen LogP contribution in [0.1, 0.15) is 58.1 Å². The zero-order valence-electron chi connectivity index (χ0n) is 14.0. The van der Waals surface area contributed by atoms with E-state index in [9.17, 15) is 0 Å².